The minimum Gasteiger partial charge on any atom is -0.497 e. The van der Waals surface area contributed by atoms with E-state index in [9.17, 15) is 4.79 Å². The molecule has 0 saturated heterocycles. The molecule has 0 fully saturated rings. The van der Waals surface area contributed by atoms with Crippen molar-refractivity contribution < 1.29 is 14.3 Å². The van der Waals surface area contributed by atoms with Gasteiger partial charge in [-0.3, -0.25) is 4.79 Å². The highest BCUT2D eigenvalue weighted by Gasteiger charge is 2.32. The predicted molar refractivity (Wildman–Crippen MR) is 97.4 cm³/mol. The Kier molecular flexibility index (Phi) is 4.95. The van der Waals surface area contributed by atoms with Crippen LogP contribution in [0.2, 0.25) is 5.02 Å². The van der Waals surface area contributed by atoms with Crippen LogP contribution in [0.5, 0.6) is 11.5 Å². The molecule has 6 heteroatoms. The van der Waals surface area contributed by atoms with Crippen LogP contribution in [0.4, 0.5) is 0 Å². The van der Waals surface area contributed by atoms with E-state index in [1.54, 1.807) is 20.3 Å². The van der Waals surface area contributed by atoms with Crippen molar-refractivity contribution in [2.24, 2.45) is 5.10 Å². The second-order valence-corrected chi connectivity index (χ2v) is 6.16. The van der Waals surface area contributed by atoms with Crippen molar-refractivity contribution >= 4 is 23.2 Å². The lowest BCUT2D eigenvalue weighted by Crippen LogP contribution is -2.24. The van der Waals surface area contributed by atoms with Gasteiger partial charge in [-0.1, -0.05) is 29.8 Å². The average Bonchev–Trinajstić information content (AvgIpc) is 3.07. The molecule has 0 bridgehead atoms. The fourth-order valence-electron chi connectivity index (χ4n) is 2.94. The summed E-state index contributed by atoms with van der Waals surface area (Å²) in [7, 11) is 3.20. The summed E-state index contributed by atoms with van der Waals surface area (Å²) in [5.74, 6) is 1.22. The van der Waals surface area contributed by atoms with Crippen LogP contribution in [0.15, 0.2) is 47.6 Å². The van der Waals surface area contributed by atoms with Gasteiger partial charge in [-0.25, -0.2) is 5.01 Å². The molecule has 0 aliphatic carbocycles. The number of halogens is 1. The molecule has 0 N–H and O–H groups in total. The molecule has 1 heterocycles. The molecular weight excluding hydrogens is 340 g/mol. The van der Waals surface area contributed by atoms with Gasteiger partial charge in [-0.2, -0.15) is 5.10 Å². The molecule has 2 aromatic rings. The van der Waals surface area contributed by atoms with E-state index in [-0.39, 0.29) is 11.9 Å². The van der Waals surface area contributed by atoms with Crippen LogP contribution >= 0.6 is 11.6 Å². The van der Waals surface area contributed by atoms with Gasteiger partial charge < -0.3 is 9.47 Å². The van der Waals surface area contributed by atoms with Gasteiger partial charge in [0.25, 0.3) is 0 Å². The monoisotopic (exact) mass is 358 g/mol. The summed E-state index contributed by atoms with van der Waals surface area (Å²) in [5, 5.41) is 6.65. The third kappa shape index (κ3) is 3.46. The number of benzene rings is 2. The topological polar surface area (TPSA) is 51.1 Å². The smallest absolute Gasteiger partial charge is 0.240 e. The summed E-state index contributed by atoms with van der Waals surface area (Å²) in [6, 6.07) is 12.9. The number of rotatable bonds is 4. The highest BCUT2D eigenvalue weighted by molar-refractivity contribution is 6.31. The Labute approximate surface area is 151 Å². The van der Waals surface area contributed by atoms with Gasteiger partial charge in [-0.05, 0) is 23.8 Å². The zero-order valence-corrected chi connectivity index (χ0v) is 15.1. The maximum absolute atomic E-state index is 12.1. The molecule has 0 saturated carbocycles. The van der Waals surface area contributed by atoms with Crippen molar-refractivity contribution in [3.05, 3.63) is 58.6 Å². The minimum absolute atomic E-state index is 0.130. The highest BCUT2D eigenvalue weighted by Crippen LogP contribution is 2.37. The molecule has 25 heavy (non-hydrogen) atoms. The second kappa shape index (κ2) is 7.15. The Balaban J connectivity index is 2.00. The van der Waals surface area contributed by atoms with Crippen molar-refractivity contribution in [1.29, 1.82) is 0 Å². The van der Waals surface area contributed by atoms with Crippen molar-refractivity contribution in [2.75, 3.05) is 14.2 Å². The van der Waals surface area contributed by atoms with Gasteiger partial charge in [0, 0.05) is 30.0 Å². The molecule has 0 unspecified atom stereocenters. The van der Waals surface area contributed by atoms with E-state index in [0.29, 0.717) is 22.9 Å². The average molecular weight is 359 g/mol. The van der Waals surface area contributed by atoms with Crippen LogP contribution in [0.25, 0.3) is 0 Å². The molecule has 130 valence electrons. The lowest BCUT2D eigenvalue weighted by atomic mass is 9.98. The number of hydrogen-bond donors (Lipinski definition) is 0. The van der Waals surface area contributed by atoms with Crippen molar-refractivity contribution in [1.82, 2.24) is 5.01 Å². The van der Waals surface area contributed by atoms with E-state index < -0.39 is 0 Å². The molecule has 0 spiro atoms. The van der Waals surface area contributed by atoms with E-state index in [0.717, 1.165) is 16.8 Å². The molecular formula is C19H19ClN2O3. The SMILES string of the molecule is COc1cc(OC)cc(C2=NN(C(C)=O)[C@@H](c3ccccc3Cl)C2)c1. The summed E-state index contributed by atoms with van der Waals surface area (Å²) >= 11 is 6.33. The van der Waals surface area contributed by atoms with Gasteiger partial charge in [0.05, 0.1) is 26.0 Å². The van der Waals surface area contributed by atoms with Crippen LogP contribution in [-0.2, 0) is 4.79 Å². The lowest BCUT2D eigenvalue weighted by Gasteiger charge is -2.21. The first-order valence-electron chi connectivity index (χ1n) is 7.88. The molecule has 1 amide bonds. The number of methoxy groups -OCH3 is 2. The number of hydrogen-bond acceptors (Lipinski definition) is 4. The molecule has 0 radical (unpaired) electrons. The van der Waals surface area contributed by atoms with Crippen molar-refractivity contribution in [3.8, 4) is 11.5 Å². The maximum Gasteiger partial charge on any atom is 0.240 e. The third-order valence-corrected chi connectivity index (χ3v) is 4.53. The van der Waals surface area contributed by atoms with Gasteiger partial charge in [0.1, 0.15) is 11.5 Å². The van der Waals surface area contributed by atoms with E-state index in [4.69, 9.17) is 21.1 Å². The van der Waals surface area contributed by atoms with Crippen LogP contribution in [0.1, 0.15) is 30.5 Å². The number of hydrazone groups is 1. The largest absolute Gasteiger partial charge is 0.497 e. The number of carbonyl (C=O) groups excluding carboxylic acids is 1. The van der Waals surface area contributed by atoms with E-state index in [1.165, 1.54) is 11.9 Å². The summed E-state index contributed by atoms with van der Waals surface area (Å²) < 4.78 is 10.7. The Bertz CT molecular complexity index is 813. The lowest BCUT2D eigenvalue weighted by molar-refractivity contribution is -0.130. The first-order valence-corrected chi connectivity index (χ1v) is 8.26. The standard InChI is InChI=1S/C19H19ClN2O3/c1-12(23)22-19(16-6-4-5-7-17(16)20)11-18(21-22)13-8-14(24-2)10-15(9-13)25-3/h4-10,19H,11H2,1-3H3/t19-/m1/s1. The predicted octanol–water partition coefficient (Wildman–Crippen LogP) is 4.05. The second-order valence-electron chi connectivity index (χ2n) is 5.75. The number of nitrogens with zero attached hydrogens (tertiary/aromatic N) is 2. The summed E-state index contributed by atoms with van der Waals surface area (Å²) in [6.45, 7) is 1.50. The number of carbonyl (C=O) groups is 1. The fourth-order valence-corrected chi connectivity index (χ4v) is 3.20. The Morgan fingerprint density at radius 2 is 1.80 bits per heavy atom. The molecule has 3 rings (SSSR count). The van der Waals surface area contributed by atoms with Crippen LogP contribution in [0.3, 0.4) is 0 Å². The normalized spacial score (nSPS) is 16.6. The molecule has 1 aliphatic rings. The van der Waals surface area contributed by atoms with Crippen LogP contribution in [-0.4, -0.2) is 30.8 Å². The molecule has 2 aromatic carbocycles. The van der Waals surface area contributed by atoms with Crippen molar-refractivity contribution in [3.63, 3.8) is 0 Å². The zero-order chi connectivity index (χ0) is 18.0. The number of ether oxygens (including phenoxy) is 2. The van der Waals surface area contributed by atoms with Crippen molar-refractivity contribution in [2.45, 2.75) is 19.4 Å². The Morgan fingerprint density at radius 3 is 2.36 bits per heavy atom. The zero-order valence-electron chi connectivity index (χ0n) is 14.3. The quantitative estimate of drug-likeness (QED) is 0.828. The number of amides is 1. The summed E-state index contributed by atoms with van der Waals surface area (Å²) in [6.07, 6.45) is 0.569. The van der Waals surface area contributed by atoms with E-state index in [2.05, 4.69) is 5.10 Å². The Hall–Kier alpha value is -2.53. The maximum atomic E-state index is 12.1. The first kappa shape index (κ1) is 17.3. The van der Waals surface area contributed by atoms with Gasteiger partial charge in [0.2, 0.25) is 5.91 Å². The first-order chi connectivity index (χ1) is 12.0. The minimum atomic E-state index is -0.224. The molecule has 1 aliphatic heterocycles. The summed E-state index contributed by atoms with van der Waals surface area (Å²) in [4.78, 5) is 12.1. The highest BCUT2D eigenvalue weighted by atomic mass is 35.5. The fraction of sp³-hybridized carbons (Fsp3) is 0.263. The molecule has 0 aromatic heterocycles. The van der Waals surface area contributed by atoms with Crippen LogP contribution in [0, 0.1) is 0 Å². The van der Waals surface area contributed by atoms with Crippen LogP contribution < -0.4 is 9.47 Å². The van der Waals surface area contributed by atoms with Gasteiger partial charge in [-0.15, -0.1) is 0 Å². The molecule has 5 nitrogen and oxygen atoms in total. The van der Waals surface area contributed by atoms with Gasteiger partial charge in [0.15, 0.2) is 0 Å². The third-order valence-electron chi connectivity index (χ3n) is 4.18. The molecule has 1 atom stereocenters. The van der Waals surface area contributed by atoms with E-state index >= 15 is 0 Å². The van der Waals surface area contributed by atoms with E-state index in [1.807, 2.05) is 36.4 Å². The summed E-state index contributed by atoms with van der Waals surface area (Å²) in [5.41, 5.74) is 2.53. The Morgan fingerprint density at radius 1 is 1.16 bits per heavy atom. The van der Waals surface area contributed by atoms with Gasteiger partial charge >= 0.3 is 0 Å².